The summed E-state index contributed by atoms with van der Waals surface area (Å²) in [6.07, 6.45) is 2.78. The zero-order chi connectivity index (χ0) is 20.1. The summed E-state index contributed by atoms with van der Waals surface area (Å²) in [5.41, 5.74) is 3.04. The predicted molar refractivity (Wildman–Crippen MR) is 110 cm³/mol. The number of anilines is 1. The smallest absolute Gasteiger partial charge is 0.226 e. The van der Waals surface area contributed by atoms with E-state index in [0.29, 0.717) is 17.7 Å². The molecule has 1 fully saturated rings. The van der Waals surface area contributed by atoms with Gasteiger partial charge in [0, 0.05) is 29.6 Å². The minimum Gasteiger partial charge on any atom is -0.356 e. The largest absolute Gasteiger partial charge is 0.356 e. The van der Waals surface area contributed by atoms with Gasteiger partial charge in [-0.2, -0.15) is 0 Å². The molecule has 1 aliphatic heterocycles. The van der Waals surface area contributed by atoms with Crippen LogP contribution in [-0.2, 0) is 16.0 Å². The molecule has 0 bridgehead atoms. The second kappa shape index (κ2) is 8.61. The number of carbonyl (C=O) groups excluding carboxylic acids is 2. The summed E-state index contributed by atoms with van der Waals surface area (Å²) in [6.45, 7) is 1.03. The lowest BCUT2D eigenvalue weighted by Gasteiger charge is -2.26. The molecular weight excluding hydrogens is 366 g/mol. The number of hydrogen-bond donors (Lipinski definition) is 1. The number of hydrogen-bond acceptors (Lipinski definition) is 4. The monoisotopic (exact) mass is 387 g/mol. The molecule has 0 saturated carbocycles. The normalized spacial score (nSPS) is 13.8. The van der Waals surface area contributed by atoms with E-state index in [1.165, 1.54) is 0 Å². The van der Waals surface area contributed by atoms with Crippen LogP contribution in [-0.4, -0.2) is 30.1 Å². The first-order valence-electron chi connectivity index (χ1n) is 9.70. The molecule has 6 nitrogen and oxygen atoms in total. The van der Waals surface area contributed by atoms with Crippen LogP contribution in [0.15, 0.2) is 53.1 Å². The number of carbonyl (C=O) groups is 2. The standard InChI is InChI=1S/C23H21N3O3/c27-22(16-20-19-7-1-2-8-21(19)29-25-20)24-14-5-6-17-10-12-18(13-11-17)26-15-4-3-9-23(26)28/h1-2,7-8,10-13H,3-4,9,14-16H2,(H,24,27). The molecule has 1 N–H and O–H groups in total. The Morgan fingerprint density at radius 1 is 1.14 bits per heavy atom. The number of para-hydroxylation sites is 1. The van der Waals surface area contributed by atoms with E-state index in [1.54, 1.807) is 0 Å². The summed E-state index contributed by atoms with van der Waals surface area (Å²) in [7, 11) is 0. The Kier molecular flexibility index (Phi) is 5.57. The minimum atomic E-state index is -0.155. The van der Waals surface area contributed by atoms with Crippen molar-refractivity contribution in [2.75, 3.05) is 18.0 Å². The van der Waals surface area contributed by atoms with Crippen molar-refractivity contribution in [1.29, 1.82) is 0 Å². The topological polar surface area (TPSA) is 75.4 Å². The average Bonchev–Trinajstić information content (AvgIpc) is 3.15. The van der Waals surface area contributed by atoms with Crippen molar-refractivity contribution in [2.24, 2.45) is 0 Å². The van der Waals surface area contributed by atoms with Crippen molar-refractivity contribution in [3.63, 3.8) is 0 Å². The number of nitrogens with zero attached hydrogens (tertiary/aromatic N) is 2. The summed E-state index contributed by atoms with van der Waals surface area (Å²) >= 11 is 0. The highest BCUT2D eigenvalue weighted by atomic mass is 16.5. The molecule has 1 saturated heterocycles. The molecule has 2 aromatic carbocycles. The second-order valence-corrected chi connectivity index (χ2v) is 6.93. The van der Waals surface area contributed by atoms with Gasteiger partial charge in [0.1, 0.15) is 5.69 Å². The van der Waals surface area contributed by atoms with Gasteiger partial charge in [0.25, 0.3) is 0 Å². The fourth-order valence-corrected chi connectivity index (χ4v) is 3.37. The van der Waals surface area contributed by atoms with Gasteiger partial charge in [0.05, 0.1) is 13.0 Å². The third-order valence-electron chi connectivity index (χ3n) is 4.89. The summed E-state index contributed by atoms with van der Waals surface area (Å²) in [4.78, 5) is 25.9. The van der Waals surface area contributed by atoms with E-state index in [0.717, 1.165) is 36.0 Å². The molecule has 29 heavy (non-hydrogen) atoms. The van der Waals surface area contributed by atoms with Crippen molar-refractivity contribution >= 4 is 28.5 Å². The quantitative estimate of drug-likeness (QED) is 0.698. The Labute approximate surface area is 168 Å². The van der Waals surface area contributed by atoms with Crippen LogP contribution in [0.4, 0.5) is 5.69 Å². The average molecular weight is 387 g/mol. The molecule has 3 aromatic rings. The minimum absolute atomic E-state index is 0.150. The lowest BCUT2D eigenvalue weighted by atomic mass is 10.1. The van der Waals surface area contributed by atoms with Crippen LogP contribution >= 0.6 is 0 Å². The van der Waals surface area contributed by atoms with Crippen LogP contribution in [0, 0.1) is 11.8 Å². The number of piperidine rings is 1. The van der Waals surface area contributed by atoms with Gasteiger partial charge >= 0.3 is 0 Å². The first-order chi connectivity index (χ1) is 14.2. The van der Waals surface area contributed by atoms with Gasteiger partial charge < -0.3 is 14.7 Å². The van der Waals surface area contributed by atoms with E-state index >= 15 is 0 Å². The summed E-state index contributed by atoms with van der Waals surface area (Å²) in [5.74, 6) is 6.00. The van der Waals surface area contributed by atoms with Gasteiger partial charge in [-0.1, -0.05) is 29.1 Å². The van der Waals surface area contributed by atoms with Crippen molar-refractivity contribution in [1.82, 2.24) is 10.5 Å². The number of benzene rings is 2. The van der Waals surface area contributed by atoms with E-state index < -0.39 is 0 Å². The van der Waals surface area contributed by atoms with E-state index in [-0.39, 0.29) is 24.8 Å². The van der Waals surface area contributed by atoms with Gasteiger partial charge in [0.15, 0.2) is 5.58 Å². The van der Waals surface area contributed by atoms with Crippen molar-refractivity contribution in [2.45, 2.75) is 25.7 Å². The SMILES string of the molecule is O=C(Cc1noc2ccccc12)NCC#Cc1ccc(N2CCCCC2=O)cc1. The fraction of sp³-hybridized carbons (Fsp3) is 0.261. The molecule has 146 valence electrons. The van der Waals surface area contributed by atoms with Crippen molar-refractivity contribution in [3.05, 3.63) is 59.8 Å². The van der Waals surface area contributed by atoms with Crippen LogP contribution in [0.1, 0.15) is 30.5 Å². The molecule has 0 atom stereocenters. The molecule has 0 aliphatic carbocycles. The van der Waals surface area contributed by atoms with Crippen LogP contribution in [0.3, 0.4) is 0 Å². The van der Waals surface area contributed by atoms with E-state index in [1.807, 2.05) is 53.4 Å². The van der Waals surface area contributed by atoms with Gasteiger partial charge in [-0.15, -0.1) is 0 Å². The molecular formula is C23H21N3O3. The summed E-state index contributed by atoms with van der Waals surface area (Å²) < 4.78 is 5.21. The van der Waals surface area contributed by atoms with Crippen LogP contribution in [0.5, 0.6) is 0 Å². The molecule has 1 aromatic heterocycles. The first kappa shape index (κ1) is 18.8. The Morgan fingerprint density at radius 2 is 1.97 bits per heavy atom. The van der Waals surface area contributed by atoms with Crippen molar-refractivity contribution < 1.29 is 14.1 Å². The number of rotatable bonds is 4. The third-order valence-corrected chi connectivity index (χ3v) is 4.89. The number of aromatic nitrogens is 1. The Morgan fingerprint density at radius 3 is 2.79 bits per heavy atom. The van der Waals surface area contributed by atoms with Crippen LogP contribution in [0.2, 0.25) is 0 Å². The van der Waals surface area contributed by atoms with Crippen LogP contribution < -0.4 is 10.2 Å². The number of fused-ring (bicyclic) bond motifs is 1. The number of amides is 2. The highest BCUT2D eigenvalue weighted by Crippen LogP contribution is 2.21. The highest BCUT2D eigenvalue weighted by molar-refractivity contribution is 5.94. The summed E-state index contributed by atoms with van der Waals surface area (Å²) in [5, 5.41) is 7.59. The Bertz CT molecular complexity index is 1090. The maximum atomic E-state index is 12.1. The molecule has 1 aliphatic rings. The molecule has 0 radical (unpaired) electrons. The molecule has 2 heterocycles. The molecule has 2 amide bonds. The maximum Gasteiger partial charge on any atom is 0.226 e. The van der Waals surface area contributed by atoms with Gasteiger partial charge in [-0.3, -0.25) is 9.59 Å². The second-order valence-electron chi connectivity index (χ2n) is 6.93. The predicted octanol–water partition coefficient (Wildman–Crippen LogP) is 3.06. The number of nitrogens with one attached hydrogen (secondary N) is 1. The first-order valence-corrected chi connectivity index (χ1v) is 9.70. The lowest BCUT2D eigenvalue weighted by molar-refractivity contribution is -0.120. The third kappa shape index (κ3) is 4.46. The Balaban J connectivity index is 1.29. The molecule has 4 rings (SSSR count). The maximum absolute atomic E-state index is 12.1. The molecule has 0 unspecified atom stereocenters. The summed E-state index contributed by atoms with van der Waals surface area (Å²) in [6, 6.07) is 15.1. The van der Waals surface area contributed by atoms with E-state index in [4.69, 9.17) is 4.52 Å². The van der Waals surface area contributed by atoms with Crippen molar-refractivity contribution in [3.8, 4) is 11.8 Å². The fourth-order valence-electron chi connectivity index (χ4n) is 3.37. The van der Waals surface area contributed by atoms with Gasteiger partial charge in [-0.05, 0) is 49.2 Å². The molecule has 0 spiro atoms. The molecule has 6 heteroatoms. The zero-order valence-electron chi connectivity index (χ0n) is 16.0. The van der Waals surface area contributed by atoms with E-state index in [2.05, 4.69) is 22.3 Å². The van der Waals surface area contributed by atoms with Gasteiger partial charge in [-0.25, -0.2) is 0 Å². The van der Waals surface area contributed by atoms with Crippen LogP contribution in [0.25, 0.3) is 11.0 Å². The Hall–Kier alpha value is -3.59. The zero-order valence-corrected chi connectivity index (χ0v) is 16.0. The van der Waals surface area contributed by atoms with E-state index in [9.17, 15) is 9.59 Å². The highest BCUT2D eigenvalue weighted by Gasteiger charge is 2.19. The lowest BCUT2D eigenvalue weighted by Crippen LogP contribution is -2.35. The van der Waals surface area contributed by atoms with Gasteiger partial charge in [0.2, 0.25) is 11.8 Å².